The van der Waals surface area contributed by atoms with E-state index in [0.717, 1.165) is 48.6 Å². The maximum atomic E-state index is 5.50. The van der Waals surface area contributed by atoms with E-state index in [2.05, 4.69) is 32.7 Å². The van der Waals surface area contributed by atoms with Crippen LogP contribution in [0.2, 0.25) is 0 Å². The van der Waals surface area contributed by atoms with Gasteiger partial charge >= 0.3 is 0 Å². The molecule has 2 heterocycles. The second kappa shape index (κ2) is 5.98. The number of anilines is 1. The van der Waals surface area contributed by atoms with Gasteiger partial charge in [0.25, 0.3) is 0 Å². The molecule has 5 heteroatoms. The molecule has 0 spiro atoms. The van der Waals surface area contributed by atoms with Crippen molar-refractivity contribution in [1.29, 1.82) is 0 Å². The third-order valence-corrected chi connectivity index (χ3v) is 3.71. The van der Waals surface area contributed by atoms with Gasteiger partial charge in [0, 0.05) is 31.6 Å². The summed E-state index contributed by atoms with van der Waals surface area (Å²) >= 11 is 0. The molecule has 0 amide bonds. The lowest BCUT2D eigenvalue weighted by atomic mass is 10.2. The van der Waals surface area contributed by atoms with Crippen molar-refractivity contribution >= 4 is 16.7 Å². The minimum atomic E-state index is 0.267. The summed E-state index contributed by atoms with van der Waals surface area (Å²) in [6, 6.07) is 5.81. The van der Waals surface area contributed by atoms with Gasteiger partial charge in [-0.05, 0) is 25.2 Å². The van der Waals surface area contributed by atoms with E-state index in [9.17, 15) is 0 Å². The van der Waals surface area contributed by atoms with E-state index in [1.165, 1.54) is 0 Å². The molecule has 21 heavy (non-hydrogen) atoms. The summed E-state index contributed by atoms with van der Waals surface area (Å²) < 4.78 is 5.50. The molecule has 1 aliphatic heterocycles. The largest absolute Gasteiger partial charge is 0.481 e. The van der Waals surface area contributed by atoms with Crippen molar-refractivity contribution < 1.29 is 4.74 Å². The first-order chi connectivity index (χ1) is 10.3. The summed E-state index contributed by atoms with van der Waals surface area (Å²) in [5.74, 6) is 4.20. The summed E-state index contributed by atoms with van der Waals surface area (Å²) in [5.41, 5.74) is 0.923. The number of ether oxygens (including phenoxy) is 1. The Balaban J connectivity index is 1.95. The molecular formula is C16H18N4O. The average molecular weight is 282 g/mol. The van der Waals surface area contributed by atoms with Crippen LogP contribution in [0.3, 0.4) is 0 Å². The summed E-state index contributed by atoms with van der Waals surface area (Å²) in [7, 11) is 2.14. The first-order valence-electron chi connectivity index (χ1n) is 7.02. The van der Waals surface area contributed by atoms with Gasteiger partial charge in [-0.3, -0.25) is 0 Å². The molecule has 0 atom stereocenters. The van der Waals surface area contributed by atoms with Gasteiger partial charge in [0.05, 0.1) is 5.52 Å². The van der Waals surface area contributed by atoms with Crippen LogP contribution < -0.4 is 9.64 Å². The zero-order valence-electron chi connectivity index (χ0n) is 12.1. The predicted molar refractivity (Wildman–Crippen MR) is 83.6 cm³/mol. The second-order valence-corrected chi connectivity index (χ2v) is 5.16. The van der Waals surface area contributed by atoms with Crippen LogP contribution in [0.5, 0.6) is 5.75 Å². The predicted octanol–water partition coefficient (Wildman–Crippen LogP) is 1.39. The summed E-state index contributed by atoms with van der Waals surface area (Å²) in [6.45, 7) is 4.29. The third kappa shape index (κ3) is 2.91. The van der Waals surface area contributed by atoms with E-state index in [4.69, 9.17) is 11.2 Å². The molecule has 0 N–H and O–H groups in total. The van der Waals surface area contributed by atoms with Crippen molar-refractivity contribution in [1.82, 2.24) is 14.9 Å². The number of fused-ring (bicyclic) bond motifs is 1. The fourth-order valence-electron chi connectivity index (χ4n) is 2.51. The normalized spacial score (nSPS) is 15.9. The van der Waals surface area contributed by atoms with Crippen LogP contribution in [0.25, 0.3) is 10.9 Å². The van der Waals surface area contributed by atoms with Crippen LogP contribution >= 0.6 is 0 Å². The number of benzene rings is 1. The molecule has 0 aliphatic carbocycles. The number of hydrogen-bond acceptors (Lipinski definition) is 5. The Kier molecular flexibility index (Phi) is 3.89. The van der Waals surface area contributed by atoms with Gasteiger partial charge in [-0.2, -0.15) is 0 Å². The van der Waals surface area contributed by atoms with Gasteiger partial charge in [-0.1, -0.05) is 5.92 Å². The Labute approximate surface area is 124 Å². The van der Waals surface area contributed by atoms with Crippen LogP contribution in [0.4, 0.5) is 5.82 Å². The lowest BCUT2D eigenvalue weighted by Crippen LogP contribution is -2.44. The van der Waals surface area contributed by atoms with Crippen LogP contribution in [0.1, 0.15) is 0 Å². The van der Waals surface area contributed by atoms with E-state index in [1.807, 2.05) is 18.2 Å². The minimum Gasteiger partial charge on any atom is -0.481 e. The van der Waals surface area contributed by atoms with E-state index < -0.39 is 0 Å². The van der Waals surface area contributed by atoms with Crippen molar-refractivity contribution in [3.8, 4) is 18.1 Å². The van der Waals surface area contributed by atoms with E-state index >= 15 is 0 Å². The van der Waals surface area contributed by atoms with Crippen molar-refractivity contribution in [3.05, 3.63) is 24.5 Å². The number of terminal acetylenes is 1. The summed E-state index contributed by atoms with van der Waals surface area (Å²) in [5, 5.41) is 1.01. The Morgan fingerprint density at radius 1 is 1.24 bits per heavy atom. The molecule has 0 saturated carbocycles. The van der Waals surface area contributed by atoms with Gasteiger partial charge < -0.3 is 14.5 Å². The van der Waals surface area contributed by atoms with Crippen LogP contribution in [0.15, 0.2) is 24.5 Å². The number of hydrogen-bond donors (Lipinski definition) is 0. The number of nitrogens with zero attached hydrogens (tertiary/aromatic N) is 4. The molecule has 1 fully saturated rings. The number of aromatic nitrogens is 2. The number of piperazine rings is 1. The molecule has 1 saturated heterocycles. The lowest BCUT2D eigenvalue weighted by Gasteiger charge is -2.33. The molecule has 0 unspecified atom stereocenters. The van der Waals surface area contributed by atoms with Gasteiger partial charge in [0.1, 0.15) is 24.5 Å². The Bertz CT molecular complexity index is 672. The topological polar surface area (TPSA) is 41.5 Å². The van der Waals surface area contributed by atoms with E-state index in [-0.39, 0.29) is 6.61 Å². The molecule has 3 rings (SSSR count). The zero-order chi connectivity index (χ0) is 14.7. The highest BCUT2D eigenvalue weighted by Crippen LogP contribution is 2.27. The highest BCUT2D eigenvalue weighted by Gasteiger charge is 2.18. The monoisotopic (exact) mass is 282 g/mol. The molecule has 2 aromatic rings. The molecule has 1 aromatic heterocycles. The minimum absolute atomic E-state index is 0.267. The smallest absolute Gasteiger partial charge is 0.148 e. The van der Waals surface area contributed by atoms with Gasteiger partial charge in [0.2, 0.25) is 0 Å². The Morgan fingerprint density at radius 3 is 2.81 bits per heavy atom. The maximum Gasteiger partial charge on any atom is 0.148 e. The van der Waals surface area contributed by atoms with Crippen molar-refractivity contribution in [2.24, 2.45) is 0 Å². The molecule has 1 aliphatic rings. The lowest BCUT2D eigenvalue weighted by molar-refractivity contribution is 0.312. The summed E-state index contributed by atoms with van der Waals surface area (Å²) in [4.78, 5) is 13.4. The number of likely N-dealkylation sites (N-methyl/N-ethyl adjacent to an activating group) is 1. The molecule has 0 radical (unpaired) electrons. The fourth-order valence-corrected chi connectivity index (χ4v) is 2.51. The molecule has 1 aromatic carbocycles. The second-order valence-electron chi connectivity index (χ2n) is 5.16. The third-order valence-electron chi connectivity index (χ3n) is 3.71. The van der Waals surface area contributed by atoms with Crippen molar-refractivity contribution in [2.75, 3.05) is 44.7 Å². The zero-order valence-corrected chi connectivity index (χ0v) is 12.1. The first kappa shape index (κ1) is 13.7. The summed E-state index contributed by atoms with van der Waals surface area (Å²) in [6.07, 6.45) is 6.86. The quantitative estimate of drug-likeness (QED) is 0.796. The van der Waals surface area contributed by atoms with Gasteiger partial charge in [0.15, 0.2) is 0 Å². The fraction of sp³-hybridized carbons (Fsp3) is 0.375. The highest BCUT2D eigenvalue weighted by molar-refractivity contribution is 5.90. The van der Waals surface area contributed by atoms with Crippen molar-refractivity contribution in [2.45, 2.75) is 0 Å². The van der Waals surface area contributed by atoms with Crippen LogP contribution in [-0.4, -0.2) is 54.7 Å². The first-order valence-corrected chi connectivity index (χ1v) is 7.02. The van der Waals surface area contributed by atoms with E-state index in [1.54, 1.807) is 6.33 Å². The molecule has 108 valence electrons. The molecule has 5 nitrogen and oxygen atoms in total. The molecule has 0 bridgehead atoms. The SMILES string of the molecule is C#CCOc1ccc2ncnc(N3CCN(C)CC3)c2c1. The van der Waals surface area contributed by atoms with Gasteiger partial charge in [-0.15, -0.1) is 6.42 Å². The van der Waals surface area contributed by atoms with Crippen molar-refractivity contribution in [3.63, 3.8) is 0 Å². The van der Waals surface area contributed by atoms with Crippen LogP contribution in [-0.2, 0) is 0 Å². The Morgan fingerprint density at radius 2 is 2.05 bits per heavy atom. The van der Waals surface area contributed by atoms with E-state index in [0.29, 0.717) is 0 Å². The Hall–Kier alpha value is -2.32. The average Bonchev–Trinajstić information content (AvgIpc) is 2.53. The highest BCUT2D eigenvalue weighted by atomic mass is 16.5. The molecular weight excluding hydrogens is 264 g/mol. The van der Waals surface area contributed by atoms with Gasteiger partial charge in [-0.25, -0.2) is 9.97 Å². The standard InChI is InChI=1S/C16H18N4O/c1-3-10-21-13-4-5-15-14(11-13)16(18-12-17-15)20-8-6-19(2)7-9-20/h1,4-5,11-12H,6-10H2,2H3. The number of rotatable bonds is 3. The maximum absolute atomic E-state index is 5.50. The van der Waals surface area contributed by atoms with Crippen LogP contribution in [0, 0.1) is 12.3 Å².